The predicted octanol–water partition coefficient (Wildman–Crippen LogP) is 5.29. The van der Waals surface area contributed by atoms with E-state index in [1.807, 2.05) is 31.0 Å². The van der Waals surface area contributed by atoms with E-state index in [9.17, 15) is 0 Å². The molecule has 0 fully saturated rings. The minimum absolute atomic E-state index is 0.697. The molecule has 138 valence electrons. The topological polar surface area (TPSA) is 21.7 Å². The number of aryl methyl sites for hydroxylation is 3. The van der Waals surface area contributed by atoms with Crippen LogP contribution in [0.25, 0.3) is 5.70 Å². The number of allylic oxidation sites excluding steroid dienone is 1. The van der Waals surface area contributed by atoms with E-state index in [0.717, 1.165) is 34.7 Å². The molecule has 0 spiro atoms. The highest BCUT2D eigenvalue weighted by atomic mass is 16.5. The van der Waals surface area contributed by atoms with Crippen molar-refractivity contribution in [2.45, 2.75) is 27.2 Å². The number of rotatable bonds is 7. The van der Waals surface area contributed by atoms with Gasteiger partial charge in [-0.25, -0.2) is 0 Å². The van der Waals surface area contributed by atoms with E-state index < -0.39 is 0 Å². The summed E-state index contributed by atoms with van der Waals surface area (Å²) in [5, 5.41) is 0. The predicted molar refractivity (Wildman–Crippen MR) is 110 cm³/mol. The van der Waals surface area contributed by atoms with Crippen molar-refractivity contribution in [3.63, 3.8) is 0 Å². The van der Waals surface area contributed by atoms with E-state index >= 15 is 0 Å². The lowest BCUT2D eigenvalue weighted by molar-refractivity contribution is 0.354. The summed E-state index contributed by atoms with van der Waals surface area (Å²) in [6.07, 6.45) is 0.781. The maximum Gasteiger partial charge on any atom is 0.161 e. The number of benzene rings is 2. The van der Waals surface area contributed by atoms with Gasteiger partial charge in [0.2, 0.25) is 0 Å². The van der Waals surface area contributed by atoms with E-state index in [4.69, 9.17) is 9.47 Å². The summed E-state index contributed by atoms with van der Waals surface area (Å²) in [4.78, 5) is 2.05. The second kappa shape index (κ2) is 8.13. The molecule has 0 aliphatic rings. The highest BCUT2D eigenvalue weighted by Gasteiger charge is 2.15. The van der Waals surface area contributed by atoms with Crippen LogP contribution >= 0.6 is 0 Å². The fourth-order valence-corrected chi connectivity index (χ4v) is 2.93. The second-order valence-corrected chi connectivity index (χ2v) is 6.69. The van der Waals surface area contributed by atoms with Crippen LogP contribution in [0.4, 0.5) is 0 Å². The van der Waals surface area contributed by atoms with Crippen molar-refractivity contribution in [1.29, 1.82) is 0 Å². The highest BCUT2D eigenvalue weighted by molar-refractivity contribution is 5.69. The van der Waals surface area contributed by atoms with Crippen LogP contribution in [-0.4, -0.2) is 26.2 Å². The summed E-state index contributed by atoms with van der Waals surface area (Å²) in [6.45, 7) is 14.9. The molecule has 0 unspecified atom stereocenters. The average Bonchev–Trinajstić information content (AvgIpc) is 2.63. The molecule has 26 heavy (non-hydrogen) atoms. The molecule has 0 aromatic heterocycles. The summed E-state index contributed by atoms with van der Waals surface area (Å²) in [5.74, 6) is 1.42. The van der Waals surface area contributed by atoms with Crippen molar-refractivity contribution >= 4 is 5.70 Å². The molecule has 0 radical (unpaired) electrons. The van der Waals surface area contributed by atoms with Gasteiger partial charge in [0.1, 0.15) is 0 Å². The number of methoxy groups -OCH3 is 2. The number of likely N-dealkylation sites (N-methyl/N-ethyl adjacent to an activating group) is 1. The summed E-state index contributed by atoms with van der Waals surface area (Å²) < 4.78 is 10.8. The Bertz CT molecular complexity index is 836. The van der Waals surface area contributed by atoms with Crippen LogP contribution in [0.3, 0.4) is 0 Å². The van der Waals surface area contributed by atoms with Gasteiger partial charge in [0.05, 0.1) is 14.2 Å². The molecule has 3 nitrogen and oxygen atoms in total. The zero-order valence-corrected chi connectivity index (χ0v) is 16.8. The first-order valence-electron chi connectivity index (χ1n) is 8.68. The van der Waals surface area contributed by atoms with Crippen molar-refractivity contribution in [3.8, 4) is 11.5 Å². The molecule has 0 aliphatic heterocycles. The Morgan fingerprint density at radius 2 is 1.50 bits per heavy atom. The van der Waals surface area contributed by atoms with Crippen LogP contribution in [0, 0.1) is 20.8 Å². The Kier molecular flexibility index (Phi) is 6.14. The van der Waals surface area contributed by atoms with E-state index in [-0.39, 0.29) is 0 Å². The summed E-state index contributed by atoms with van der Waals surface area (Å²) in [7, 11) is 5.29. The van der Waals surface area contributed by atoms with Gasteiger partial charge in [-0.3, -0.25) is 0 Å². The Balaban J connectivity index is 2.23. The van der Waals surface area contributed by atoms with E-state index in [2.05, 4.69) is 45.2 Å². The normalized spacial score (nSPS) is 10.4. The third kappa shape index (κ3) is 4.10. The lowest BCUT2D eigenvalue weighted by atomic mass is 10.0. The van der Waals surface area contributed by atoms with Crippen molar-refractivity contribution in [3.05, 3.63) is 77.0 Å². The molecule has 0 saturated carbocycles. The fraction of sp³-hybridized carbons (Fsp3) is 0.304. The Morgan fingerprint density at radius 1 is 0.885 bits per heavy atom. The van der Waals surface area contributed by atoms with Gasteiger partial charge in [0.25, 0.3) is 0 Å². The molecule has 0 bridgehead atoms. The quantitative estimate of drug-likeness (QED) is 0.677. The highest BCUT2D eigenvalue weighted by Crippen LogP contribution is 2.34. The smallest absolute Gasteiger partial charge is 0.161 e. The van der Waals surface area contributed by atoms with Crippen LogP contribution in [0.5, 0.6) is 11.5 Å². The van der Waals surface area contributed by atoms with Crippen LogP contribution in [0.2, 0.25) is 0 Å². The molecular weight excluding hydrogens is 322 g/mol. The molecule has 3 heteroatoms. The molecule has 0 atom stereocenters. The van der Waals surface area contributed by atoms with Gasteiger partial charge in [-0.15, -0.1) is 0 Å². The van der Waals surface area contributed by atoms with Crippen LogP contribution in [0.15, 0.2) is 49.2 Å². The van der Waals surface area contributed by atoms with Crippen molar-refractivity contribution in [1.82, 2.24) is 4.90 Å². The third-order valence-electron chi connectivity index (χ3n) is 4.90. The summed E-state index contributed by atoms with van der Waals surface area (Å²) in [5.41, 5.74) is 7.84. The maximum absolute atomic E-state index is 5.44. The molecular formula is C23H29NO2. The SMILES string of the molecule is C=C(Cc1ccc(C)c(C)c1)N(C)C(=C)c1cc(OC)c(OC)cc1C. The largest absolute Gasteiger partial charge is 0.493 e. The minimum atomic E-state index is 0.697. The van der Waals surface area contributed by atoms with E-state index in [0.29, 0.717) is 5.75 Å². The van der Waals surface area contributed by atoms with Gasteiger partial charge in [-0.05, 0) is 55.2 Å². The third-order valence-corrected chi connectivity index (χ3v) is 4.90. The summed E-state index contributed by atoms with van der Waals surface area (Å²) >= 11 is 0. The standard InChI is InChI=1S/C23H29NO2/c1-15-9-10-20(11-16(15)2)13-18(4)24(6)19(5)21-14-23(26-8)22(25-7)12-17(21)3/h9-12,14H,4-5,13H2,1-3,6-8H3. The maximum atomic E-state index is 5.44. The first-order valence-corrected chi connectivity index (χ1v) is 8.68. The van der Waals surface area contributed by atoms with Gasteiger partial charge in [-0.2, -0.15) is 0 Å². The monoisotopic (exact) mass is 351 g/mol. The van der Waals surface area contributed by atoms with E-state index in [1.165, 1.54) is 16.7 Å². The van der Waals surface area contributed by atoms with Crippen molar-refractivity contribution < 1.29 is 9.47 Å². The van der Waals surface area contributed by atoms with Gasteiger partial charge in [0, 0.05) is 30.4 Å². The number of ether oxygens (including phenoxy) is 2. The van der Waals surface area contributed by atoms with Crippen molar-refractivity contribution in [2.75, 3.05) is 21.3 Å². The molecule has 2 aromatic carbocycles. The Morgan fingerprint density at radius 3 is 2.08 bits per heavy atom. The number of nitrogens with zero attached hydrogens (tertiary/aromatic N) is 1. The number of hydrogen-bond donors (Lipinski definition) is 0. The van der Waals surface area contributed by atoms with Crippen molar-refractivity contribution in [2.24, 2.45) is 0 Å². The zero-order chi connectivity index (χ0) is 19.4. The van der Waals surface area contributed by atoms with Gasteiger partial charge < -0.3 is 14.4 Å². The van der Waals surface area contributed by atoms with E-state index in [1.54, 1.807) is 14.2 Å². The molecule has 0 aliphatic carbocycles. The Hall–Kier alpha value is -2.68. The molecule has 0 heterocycles. The van der Waals surface area contributed by atoms with Gasteiger partial charge in [0.15, 0.2) is 11.5 Å². The molecule has 0 saturated heterocycles. The molecule has 2 aromatic rings. The number of hydrogen-bond acceptors (Lipinski definition) is 3. The summed E-state index contributed by atoms with van der Waals surface area (Å²) in [6, 6.07) is 10.5. The minimum Gasteiger partial charge on any atom is -0.493 e. The second-order valence-electron chi connectivity index (χ2n) is 6.69. The average molecular weight is 351 g/mol. The Labute approximate surface area is 157 Å². The van der Waals surface area contributed by atoms with Crippen LogP contribution in [0.1, 0.15) is 27.8 Å². The molecule has 0 amide bonds. The van der Waals surface area contributed by atoms with Crippen LogP contribution < -0.4 is 9.47 Å². The zero-order valence-electron chi connectivity index (χ0n) is 16.8. The lowest BCUT2D eigenvalue weighted by Crippen LogP contribution is -2.17. The fourth-order valence-electron chi connectivity index (χ4n) is 2.93. The lowest BCUT2D eigenvalue weighted by Gasteiger charge is -2.26. The first-order chi connectivity index (χ1) is 12.3. The van der Waals surface area contributed by atoms with Gasteiger partial charge in [-0.1, -0.05) is 31.4 Å². The molecule has 0 N–H and O–H groups in total. The van der Waals surface area contributed by atoms with Gasteiger partial charge >= 0.3 is 0 Å². The first kappa shape index (κ1) is 19.6. The van der Waals surface area contributed by atoms with Crippen LogP contribution in [-0.2, 0) is 6.42 Å². The molecule has 2 rings (SSSR count).